The third kappa shape index (κ3) is 4.10. The summed E-state index contributed by atoms with van der Waals surface area (Å²) in [7, 11) is 0. The number of nitrogens with zero attached hydrogens (tertiary/aromatic N) is 3. The van der Waals surface area contributed by atoms with Gasteiger partial charge in [-0.05, 0) is 30.5 Å². The van der Waals surface area contributed by atoms with Crippen molar-refractivity contribution in [1.82, 2.24) is 14.8 Å². The molecule has 1 unspecified atom stereocenters. The smallest absolute Gasteiger partial charge is 0.212 e. The molecule has 2 aromatic carbocycles. The Hall–Kier alpha value is -2.88. The molecule has 0 fully saturated rings. The van der Waals surface area contributed by atoms with Gasteiger partial charge in [0.15, 0.2) is 0 Å². The molecule has 122 valence electrons. The maximum absolute atomic E-state index is 5.80. The zero-order valence-electron chi connectivity index (χ0n) is 13.7. The van der Waals surface area contributed by atoms with Crippen LogP contribution in [-0.4, -0.2) is 21.4 Å². The highest BCUT2D eigenvalue weighted by atomic mass is 16.5. The van der Waals surface area contributed by atoms with Gasteiger partial charge < -0.3 is 4.74 Å². The van der Waals surface area contributed by atoms with E-state index in [1.807, 2.05) is 19.1 Å². The average molecular weight is 319 g/mol. The Balaban J connectivity index is 1.95. The minimum absolute atomic E-state index is 0.194. The van der Waals surface area contributed by atoms with Gasteiger partial charge in [-0.25, -0.2) is 4.98 Å². The number of hydrogen-bond acceptors (Lipinski definition) is 3. The van der Waals surface area contributed by atoms with E-state index in [4.69, 9.17) is 4.74 Å². The lowest BCUT2D eigenvalue weighted by atomic mass is 9.92. The van der Waals surface area contributed by atoms with Crippen molar-refractivity contribution in [2.75, 3.05) is 6.61 Å². The predicted molar refractivity (Wildman–Crippen MR) is 95.3 cm³/mol. The van der Waals surface area contributed by atoms with Gasteiger partial charge in [-0.3, -0.25) is 0 Å². The highest BCUT2D eigenvalue weighted by molar-refractivity contribution is 5.41. The fraction of sp³-hybridized carbons (Fsp3) is 0.200. The summed E-state index contributed by atoms with van der Waals surface area (Å²) in [6.45, 7) is 2.55. The number of rotatable bonds is 7. The summed E-state index contributed by atoms with van der Waals surface area (Å²) in [4.78, 5) is 4.02. The van der Waals surface area contributed by atoms with E-state index in [-0.39, 0.29) is 5.92 Å². The van der Waals surface area contributed by atoms with Crippen LogP contribution in [0.2, 0.25) is 0 Å². The van der Waals surface area contributed by atoms with E-state index in [1.54, 1.807) is 11.0 Å². The van der Waals surface area contributed by atoms with E-state index in [9.17, 15) is 0 Å². The van der Waals surface area contributed by atoms with Crippen LogP contribution in [0.15, 0.2) is 79.4 Å². The SMILES string of the molecule is CCO/C(=C\C(Cc1ccccc1)c1ccccc1)n1cncn1. The standard InChI is InChI=1S/C20H21N3O/c1-2-24-20(23-16-21-15-22-23)14-19(18-11-7-4-8-12-18)13-17-9-5-3-6-10-17/h3-12,14-16,19H,2,13H2,1H3/b20-14-. The van der Waals surface area contributed by atoms with Crippen LogP contribution in [0.4, 0.5) is 0 Å². The maximum Gasteiger partial charge on any atom is 0.212 e. The first-order valence-corrected chi connectivity index (χ1v) is 8.15. The Bertz CT molecular complexity index is 752. The van der Waals surface area contributed by atoms with Gasteiger partial charge in [0, 0.05) is 5.92 Å². The van der Waals surface area contributed by atoms with Gasteiger partial charge in [-0.2, -0.15) is 9.78 Å². The lowest BCUT2D eigenvalue weighted by molar-refractivity contribution is 0.270. The zero-order chi connectivity index (χ0) is 16.6. The van der Waals surface area contributed by atoms with Gasteiger partial charge in [0.05, 0.1) is 6.61 Å². The molecule has 1 heterocycles. The van der Waals surface area contributed by atoms with Crippen molar-refractivity contribution in [3.05, 3.63) is 90.5 Å². The number of hydrogen-bond donors (Lipinski definition) is 0. The molecule has 0 spiro atoms. The minimum Gasteiger partial charge on any atom is -0.478 e. The second kappa shape index (κ2) is 8.11. The highest BCUT2D eigenvalue weighted by Gasteiger charge is 2.13. The van der Waals surface area contributed by atoms with E-state index in [2.05, 4.69) is 64.7 Å². The first kappa shape index (κ1) is 16.0. The van der Waals surface area contributed by atoms with E-state index in [1.165, 1.54) is 17.5 Å². The van der Waals surface area contributed by atoms with Crippen molar-refractivity contribution < 1.29 is 4.74 Å². The number of benzene rings is 2. The highest BCUT2D eigenvalue weighted by Crippen LogP contribution is 2.25. The van der Waals surface area contributed by atoms with Crippen LogP contribution < -0.4 is 0 Å². The molecule has 3 rings (SSSR count). The molecule has 0 saturated carbocycles. The molecule has 24 heavy (non-hydrogen) atoms. The molecule has 3 aromatic rings. The van der Waals surface area contributed by atoms with E-state index in [0.29, 0.717) is 12.5 Å². The molecule has 0 aliphatic carbocycles. The molecule has 0 aliphatic rings. The Morgan fingerprint density at radius 3 is 2.42 bits per heavy atom. The van der Waals surface area contributed by atoms with Crippen LogP contribution >= 0.6 is 0 Å². The number of allylic oxidation sites excluding steroid dienone is 1. The topological polar surface area (TPSA) is 39.9 Å². The van der Waals surface area contributed by atoms with Crippen molar-refractivity contribution >= 4 is 5.88 Å². The average Bonchev–Trinajstić information content (AvgIpc) is 3.17. The first-order valence-electron chi connectivity index (χ1n) is 8.15. The summed E-state index contributed by atoms with van der Waals surface area (Å²) in [5, 5.41) is 4.20. The number of aromatic nitrogens is 3. The van der Waals surface area contributed by atoms with Crippen molar-refractivity contribution in [1.29, 1.82) is 0 Å². The quantitative estimate of drug-likeness (QED) is 0.615. The van der Waals surface area contributed by atoms with Crippen LogP contribution in [0.3, 0.4) is 0 Å². The molecule has 1 atom stereocenters. The molecule has 0 amide bonds. The summed E-state index contributed by atoms with van der Waals surface area (Å²) < 4.78 is 7.47. The third-order valence-corrected chi connectivity index (χ3v) is 3.81. The first-order chi connectivity index (χ1) is 11.9. The summed E-state index contributed by atoms with van der Waals surface area (Å²) in [5.74, 6) is 0.902. The second-order valence-corrected chi connectivity index (χ2v) is 5.48. The molecular weight excluding hydrogens is 298 g/mol. The normalized spacial score (nSPS) is 12.8. The van der Waals surface area contributed by atoms with Gasteiger partial charge in [0.1, 0.15) is 12.7 Å². The predicted octanol–water partition coefficient (Wildman–Crippen LogP) is 4.14. The summed E-state index contributed by atoms with van der Waals surface area (Å²) in [5.41, 5.74) is 2.54. The fourth-order valence-electron chi connectivity index (χ4n) is 2.67. The lowest BCUT2D eigenvalue weighted by Gasteiger charge is -2.16. The Kier molecular flexibility index (Phi) is 5.40. The molecule has 4 heteroatoms. The van der Waals surface area contributed by atoms with E-state index in [0.717, 1.165) is 6.42 Å². The largest absolute Gasteiger partial charge is 0.478 e. The van der Waals surface area contributed by atoms with Crippen LogP contribution in [0.25, 0.3) is 5.88 Å². The van der Waals surface area contributed by atoms with Gasteiger partial charge in [0.2, 0.25) is 5.88 Å². The van der Waals surface area contributed by atoms with Crippen molar-refractivity contribution in [3.8, 4) is 0 Å². The van der Waals surface area contributed by atoms with Crippen LogP contribution in [-0.2, 0) is 11.2 Å². The Labute approximate surface area is 142 Å². The molecule has 0 aliphatic heterocycles. The zero-order valence-corrected chi connectivity index (χ0v) is 13.7. The van der Waals surface area contributed by atoms with Gasteiger partial charge in [-0.1, -0.05) is 60.7 Å². The van der Waals surface area contributed by atoms with Gasteiger partial charge >= 0.3 is 0 Å². The van der Waals surface area contributed by atoms with Gasteiger partial charge in [-0.15, -0.1) is 0 Å². The van der Waals surface area contributed by atoms with Crippen molar-refractivity contribution in [3.63, 3.8) is 0 Å². The molecule has 0 radical (unpaired) electrons. The summed E-state index contributed by atoms with van der Waals surface area (Å²) >= 11 is 0. The van der Waals surface area contributed by atoms with Crippen LogP contribution in [0.5, 0.6) is 0 Å². The second-order valence-electron chi connectivity index (χ2n) is 5.48. The van der Waals surface area contributed by atoms with Gasteiger partial charge in [0.25, 0.3) is 0 Å². The van der Waals surface area contributed by atoms with Crippen molar-refractivity contribution in [2.24, 2.45) is 0 Å². The summed E-state index contributed by atoms with van der Waals surface area (Å²) in [6.07, 6.45) is 6.20. The third-order valence-electron chi connectivity index (χ3n) is 3.81. The number of ether oxygens (including phenoxy) is 1. The van der Waals surface area contributed by atoms with E-state index >= 15 is 0 Å². The van der Waals surface area contributed by atoms with Crippen LogP contribution in [0, 0.1) is 0 Å². The monoisotopic (exact) mass is 319 g/mol. The minimum atomic E-state index is 0.194. The molecular formula is C20H21N3O. The molecule has 4 nitrogen and oxygen atoms in total. The van der Waals surface area contributed by atoms with Crippen molar-refractivity contribution in [2.45, 2.75) is 19.3 Å². The van der Waals surface area contributed by atoms with Crippen LogP contribution in [0.1, 0.15) is 24.0 Å². The Morgan fingerprint density at radius 2 is 1.79 bits per heavy atom. The summed E-state index contributed by atoms with van der Waals surface area (Å²) in [6, 6.07) is 21.0. The fourth-order valence-corrected chi connectivity index (χ4v) is 2.67. The maximum atomic E-state index is 5.80. The Morgan fingerprint density at radius 1 is 1.08 bits per heavy atom. The van der Waals surface area contributed by atoms with E-state index < -0.39 is 0 Å². The molecule has 1 aromatic heterocycles. The molecule has 0 bridgehead atoms. The molecule has 0 saturated heterocycles. The lowest BCUT2D eigenvalue weighted by Crippen LogP contribution is -2.07. The molecule has 0 N–H and O–H groups in total.